The van der Waals surface area contributed by atoms with Gasteiger partial charge in [-0.2, -0.15) is 0 Å². The van der Waals surface area contributed by atoms with Crippen LogP contribution in [0.5, 0.6) is 0 Å². The van der Waals surface area contributed by atoms with Gasteiger partial charge >= 0.3 is 0 Å². The van der Waals surface area contributed by atoms with Crippen molar-refractivity contribution in [1.82, 2.24) is 0 Å². The standard InChI is InChI=1S/C13H11NO2/c14-12-10(7-4-8-11(12)15)13(16)9-5-2-1-3-6-9/h1-8,12H,14H2. The molecule has 1 unspecified atom stereocenters. The summed E-state index contributed by atoms with van der Waals surface area (Å²) in [6, 6.07) is 7.96. The number of carbonyl (C=O) groups excluding carboxylic acids is 2. The number of rotatable bonds is 2. The summed E-state index contributed by atoms with van der Waals surface area (Å²) in [5.41, 5.74) is 6.57. The maximum Gasteiger partial charge on any atom is 0.191 e. The van der Waals surface area contributed by atoms with Crippen LogP contribution >= 0.6 is 0 Å². The van der Waals surface area contributed by atoms with Crippen LogP contribution in [0.1, 0.15) is 10.4 Å². The van der Waals surface area contributed by atoms with Crippen LogP contribution in [-0.2, 0) is 4.79 Å². The molecule has 0 aliphatic heterocycles. The fraction of sp³-hybridized carbons (Fsp3) is 0.0769. The Morgan fingerprint density at radius 1 is 1.19 bits per heavy atom. The zero-order valence-corrected chi connectivity index (χ0v) is 8.59. The van der Waals surface area contributed by atoms with Crippen LogP contribution in [0.3, 0.4) is 0 Å². The normalized spacial score (nSPS) is 19.4. The molecule has 0 saturated heterocycles. The summed E-state index contributed by atoms with van der Waals surface area (Å²) in [5, 5.41) is 0. The van der Waals surface area contributed by atoms with Crippen molar-refractivity contribution in [3.8, 4) is 0 Å². The molecule has 1 aromatic rings. The van der Waals surface area contributed by atoms with E-state index in [0.717, 1.165) is 0 Å². The van der Waals surface area contributed by atoms with Crippen LogP contribution in [0, 0.1) is 0 Å². The molecule has 1 aliphatic carbocycles. The number of Topliss-reactive ketones (excluding diaryl/α,β-unsaturated/α-hetero) is 1. The van der Waals surface area contributed by atoms with Crippen molar-refractivity contribution >= 4 is 11.6 Å². The minimum atomic E-state index is -0.835. The fourth-order valence-electron chi connectivity index (χ4n) is 1.58. The van der Waals surface area contributed by atoms with Crippen molar-refractivity contribution in [3.05, 3.63) is 59.7 Å². The Balaban J connectivity index is 2.33. The Kier molecular flexibility index (Phi) is 2.79. The molecule has 2 rings (SSSR count). The van der Waals surface area contributed by atoms with Crippen molar-refractivity contribution in [2.45, 2.75) is 6.04 Å². The Morgan fingerprint density at radius 2 is 1.88 bits per heavy atom. The summed E-state index contributed by atoms with van der Waals surface area (Å²) in [6.45, 7) is 0. The van der Waals surface area contributed by atoms with E-state index >= 15 is 0 Å². The number of allylic oxidation sites excluding steroid dienone is 2. The smallest absolute Gasteiger partial charge is 0.191 e. The highest BCUT2D eigenvalue weighted by Gasteiger charge is 2.24. The Bertz CT molecular complexity index is 486. The van der Waals surface area contributed by atoms with Gasteiger partial charge in [-0.3, -0.25) is 9.59 Å². The number of carbonyl (C=O) groups is 2. The third-order valence-electron chi connectivity index (χ3n) is 2.48. The molecular weight excluding hydrogens is 202 g/mol. The van der Waals surface area contributed by atoms with Gasteiger partial charge in [-0.05, 0) is 6.08 Å². The number of nitrogens with two attached hydrogens (primary N) is 1. The second-order valence-electron chi connectivity index (χ2n) is 3.56. The van der Waals surface area contributed by atoms with Crippen molar-refractivity contribution in [3.63, 3.8) is 0 Å². The lowest BCUT2D eigenvalue weighted by molar-refractivity contribution is -0.115. The van der Waals surface area contributed by atoms with Crippen LogP contribution < -0.4 is 5.73 Å². The number of ketones is 2. The van der Waals surface area contributed by atoms with E-state index in [-0.39, 0.29) is 11.6 Å². The minimum Gasteiger partial charge on any atom is -0.317 e. The SMILES string of the molecule is NC1C(=O)C=CC=C1C(=O)c1ccccc1. The molecule has 0 spiro atoms. The van der Waals surface area contributed by atoms with Crippen molar-refractivity contribution in [2.75, 3.05) is 0 Å². The first kappa shape index (κ1) is 10.5. The second-order valence-corrected chi connectivity index (χ2v) is 3.56. The van der Waals surface area contributed by atoms with E-state index in [1.807, 2.05) is 6.07 Å². The lowest BCUT2D eigenvalue weighted by Gasteiger charge is -2.14. The summed E-state index contributed by atoms with van der Waals surface area (Å²) in [6.07, 6.45) is 4.54. The maximum absolute atomic E-state index is 12.0. The quantitative estimate of drug-likeness (QED) is 0.752. The molecule has 1 aromatic carbocycles. The largest absolute Gasteiger partial charge is 0.317 e. The monoisotopic (exact) mass is 213 g/mol. The first-order valence-electron chi connectivity index (χ1n) is 4.97. The van der Waals surface area contributed by atoms with E-state index in [0.29, 0.717) is 11.1 Å². The summed E-state index contributed by atoms with van der Waals surface area (Å²) in [5.74, 6) is -0.424. The van der Waals surface area contributed by atoms with Gasteiger partial charge in [0.1, 0.15) is 0 Å². The number of hydrogen-bond donors (Lipinski definition) is 1. The molecule has 3 heteroatoms. The predicted molar refractivity (Wildman–Crippen MR) is 61.0 cm³/mol. The average molecular weight is 213 g/mol. The van der Waals surface area contributed by atoms with Crippen LogP contribution in [0.2, 0.25) is 0 Å². The van der Waals surface area contributed by atoms with Crippen molar-refractivity contribution in [1.29, 1.82) is 0 Å². The topological polar surface area (TPSA) is 60.2 Å². The van der Waals surface area contributed by atoms with E-state index in [1.165, 1.54) is 6.08 Å². The highest BCUT2D eigenvalue weighted by atomic mass is 16.1. The molecule has 0 fully saturated rings. The molecule has 0 aromatic heterocycles. The molecule has 80 valence electrons. The van der Waals surface area contributed by atoms with Crippen molar-refractivity contribution in [2.24, 2.45) is 5.73 Å². The van der Waals surface area contributed by atoms with E-state index in [1.54, 1.807) is 36.4 Å². The number of hydrogen-bond acceptors (Lipinski definition) is 3. The fourth-order valence-corrected chi connectivity index (χ4v) is 1.58. The predicted octanol–water partition coefficient (Wildman–Crippen LogP) is 1.26. The van der Waals surface area contributed by atoms with Gasteiger partial charge in [-0.15, -0.1) is 0 Å². The number of benzene rings is 1. The van der Waals surface area contributed by atoms with Crippen LogP contribution in [0.15, 0.2) is 54.1 Å². The van der Waals surface area contributed by atoms with Crippen LogP contribution in [-0.4, -0.2) is 17.6 Å². The first-order valence-corrected chi connectivity index (χ1v) is 4.97. The Labute approximate surface area is 93.3 Å². The third-order valence-corrected chi connectivity index (χ3v) is 2.48. The molecule has 0 bridgehead atoms. The molecule has 0 radical (unpaired) electrons. The Morgan fingerprint density at radius 3 is 2.56 bits per heavy atom. The van der Waals surface area contributed by atoms with Gasteiger partial charge in [0.25, 0.3) is 0 Å². The zero-order chi connectivity index (χ0) is 11.5. The summed E-state index contributed by atoms with van der Waals surface area (Å²) < 4.78 is 0. The third kappa shape index (κ3) is 1.85. The van der Waals surface area contributed by atoms with Gasteiger partial charge in [0, 0.05) is 11.1 Å². The molecule has 3 nitrogen and oxygen atoms in total. The van der Waals surface area contributed by atoms with Gasteiger partial charge in [-0.1, -0.05) is 42.5 Å². The molecule has 0 heterocycles. The molecule has 0 saturated carbocycles. The minimum absolute atomic E-state index is 0.189. The summed E-state index contributed by atoms with van der Waals surface area (Å²) in [7, 11) is 0. The van der Waals surface area contributed by atoms with Gasteiger partial charge in [0.2, 0.25) is 0 Å². The second kappa shape index (κ2) is 4.24. The average Bonchev–Trinajstić information content (AvgIpc) is 2.33. The lowest BCUT2D eigenvalue weighted by atomic mass is 9.92. The van der Waals surface area contributed by atoms with Crippen LogP contribution in [0.25, 0.3) is 0 Å². The maximum atomic E-state index is 12.0. The molecular formula is C13H11NO2. The summed E-state index contributed by atoms with van der Waals surface area (Å²) in [4.78, 5) is 23.4. The summed E-state index contributed by atoms with van der Waals surface area (Å²) >= 11 is 0. The molecule has 2 N–H and O–H groups in total. The van der Waals surface area contributed by atoms with E-state index in [9.17, 15) is 9.59 Å². The van der Waals surface area contributed by atoms with Gasteiger partial charge in [0.05, 0.1) is 6.04 Å². The molecule has 1 aliphatic rings. The molecule has 1 atom stereocenters. The highest BCUT2D eigenvalue weighted by Crippen LogP contribution is 2.14. The molecule has 16 heavy (non-hydrogen) atoms. The van der Waals surface area contributed by atoms with Gasteiger partial charge in [0.15, 0.2) is 11.6 Å². The Hall–Kier alpha value is -2.00. The van der Waals surface area contributed by atoms with Crippen molar-refractivity contribution < 1.29 is 9.59 Å². The van der Waals surface area contributed by atoms with Gasteiger partial charge in [-0.25, -0.2) is 0 Å². The highest BCUT2D eigenvalue weighted by molar-refractivity contribution is 6.15. The molecule has 0 amide bonds. The van der Waals surface area contributed by atoms with E-state index in [4.69, 9.17) is 5.73 Å². The van der Waals surface area contributed by atoms with Gasteiger partial charge < -0.3 is 5.73 Å². The van der Waals surface area contributed by atoms with Crippen LogP contribution in [0.4, 0.5) is 0 Å². The van der Waals surface area contributed by atoms with E-state index < -0.39 is 6.04 Å². The lowest BCUT2D eigenvalue weighted by Crippen LogP contribution is -2.35. The zero-order valence-electron chi connectivity index (χ0n) is 8.59. The first-order chi connectivity index (χ1) is 7.70. The van der Waals surface area contributed by atoms with E-state index in [2.05, 4.69) is 0 Å².